The Kier molecular flexibility index (Phi) is 7.85. The number of benzene rings is 2. The molecule has 190 valence electrons. The normalized spacial score (nSPS) is 21.9. The van der Waals surface area contributed by atoms with Gasteiger partial charge in [0.2, 0.25) is 5.60 Å². The lowest BCUT2D eigenvalue weighted by atomic mass is 9.81. The van der Waals surface area contributed by atoms with Gasteiger partial charge in [-0.05, 0) is 54.0 Å². The summed E-state index contributed by atoms with van der Waals surface area (Å²) in [6.45, 7) is 0. The number of carboxylic acids is 1. The van der Waals surface area contributed by atoms with Crippen molar-refractivity contribution in [2.45, 2.75) is 37.1 Å². The van der Waals surface area contributed by atoms with Crippen LogP contribution in [0.15, 0.2) is 48.6 Å². The quantitative estimate of drug-likeness (QED) is 0.185. The maximum absolute atomic E-state index is 12.4. The second-order valence-corrected chi connectivity index (χ2v) is 8.17. The highest BCUT2D eigenvalue weighted by atomic mass is 16.6. The van der Waals surface area contributed by atoms with Gasteiger partial charge in [0, 0.05) is 25.0 Å². The first-order valence-corrected chi connectivity index (χ1v) is 10.7. The first kappa shape index (κ1) is 26.1. The number of carbonyl (C=O) groups is 3. The van der Waals surface area contributed by atoms with Gasteiger partial charge < -0.3 is 40.1 Å². The molecule has 1 fully saturated rings. The van der Waals surface area contributed by atoms with Crippen molar-refractivity contribution in [3.05, 3.63) is 59.7 Å². The fourth-order valence-corrected chi connectivity index (χ4v) is 3.61. The Bertz CT molecular complexity index is 1220. The second kappa shape index (κ2) is 10.8. The molecule has 36 heavy (non-hydrogen) atoms. The number of ether oxygens (including phenoxy) is 2. The molecule has 2 aromatic rings. The first-order chi connectivity index (χ1) is 17.0. The molecule has 6 N–H and O–H groups in total. The van der Waals surface area contributed by atoms with Gasteiger partial charge in [-0.15, -0.1) is 0 Å². The Balaban J connectivity index is 1.68. The summed E-state index contributed by atoms with van der Waals surface area (Å²) in [5.41, 5.74) is -1.35. The van der Waals surface area contributed by atoms with Gasteiger partial charge in [-0.3, -0.25) is 0 Å². The van der Waals surface area contributed by atoms with Crippen molar-refractivity contribution >= 4 is 30.1 Å². The fraction of sp³-hybridized carbons (Fsp3) is 0.240. The Morgan fingerprint density at radius 3 is 1.86 bits per heavy atom. The molecule has 0 bridgehead atoms. The van der Waals surface area contributed by atoms with E-state index in [1.54, 1.807) is 0 Å². The maximum atomic E-state index is 12.4. The number of rotatable bonds is 7. The number of carboxylic acid groups (broad SMARTS) is 1. The number of aliphatic hydroxyl groups is 1. The summed E-state index contributed by atoms with van der Waals surface area (Å²) in [6, 6.07) is 7.66. The molecule has 0 saturated heterocycles. The molecule has 0 heterocycles. The Morgan fingerprint density at radius 2 is 1.36 bits per heavy atom. The maximum Gasteiger partial charge on any atom is 0.348 e. The zero-order chi connectivity index (χ0) is 26.5. The molecule has 0 unspecified atom stereocenters. The molecule has 0 aliphatic heterocycles. The third-order valence-electron chi connectivity index (χ3n) is 5.58. The van der Waals surface area contributed by atoms with Crippen LogP contribution in [0, 0.1) is 0 Å². The molecule has 0 spiro atoms. The van der Waals surface area contributed by atoms with Crippen LogP contribution < -0.4 is 0 Å². The highest BCUT2D eigenvalue weighted by Gasteiger charge is 2.50. The van der Waals surface area contributed by atoms with E-state index in [0.29, 0.717) is 11.1 Å². The molecular weight excluding hydrogens is 476 g/mol. The van der Waals surface area contributed by atoms with E-state index in [9.17, 15) is 45.0 Å². The van der Waals surface area contributed by atoms with Gasteiger partial charge >= 0.3 is 17.9 Å². The SMILES string of the molecule is O=C(/C=C/c1ccc(O)c(O)c1)O[C@@H]1C[C@@](OC(=O)/C=C/c2ccc(O)c(O)c2)(C(=O)O)CC[C@@H]1O. The molecule has 0 radical (unpaired) electrons. The fourth-order valence-electron chi connectivity index (χ4n) is 3.61. The largest absolute Gasteiger partial charge is 0.504 e. The zero-order valence-corrected chi connectivity index (χ0v) is 18.8. The summed E-state index contributed by atoms with van der Waals surface area (Å²) < 4.78 is 10.4. The minimum atomic E-state index is -2.06. The lowest BCUT2D eigenvalue weighted by Gasteiger charge is -2.38. The lowest BCUT2D eigenvalue weighted by Crippen LogP contribution is -2.53. The summed E-state index contributed by atoms with van der Waals surface area (Å²) in [7, 11) is 0. The minimum absolute atomic E-state index is 0.122. The minimum Gasteiger partial charge on any atom is -0.504 e. The zero-order valence-electron chi connectivity index (χ0n) is 18.8. The molecular formula is C25H24O11. The summed E-state index contributed by atoms with van der Waals surface area (Å²) in [5.74, 6) is -4.89. The van der Waals surface area contributed by atoms with Crippen LogP contribution in [0.3, 0.4) is 0 Å². The van der Waals surface area contributed by atoms with E-state index in [1.807, 2.05) is 0 Å². The number of aromatic hydroxyl groups is 4. The van der Waals surface area contributed by atoms with Crippen LogP contribution in [0.4, 0.5) is 0 Å². The van der Waals surface area contributed by atoms with Crippen molar-refractivity contribution in [2.75, 3.05) is 0 Å². The number of aliphatic hydroxyl groups excluding tert-OH is 1. The van der Waals surface area contributed by atoms with Crippen molar-refractivity contribution in [3.63, 3.8) is 0 Å². The average Bonchev–Trinajstić information content (AvgIpc) is 2.82. The van der Waals surface area contributed by atoms with Crippen LogP contribution in [0.1, 0.15) is 30.4 Å². The van der Waals surface area contributed by atoms with Crippen LogP contribution in [-0.4, -0.2) is 66.4 Å². The van der Waals surface area contributed by atoms with Crippen LogP contribution in [0.2, 0.25) is 0 Å². The number of hydrogen-bond donors (Lipinski definition) is 6. The van der Waals surface area contributed by atoms with Crippen molar-refractivity contribution in [1.82, 2.24) is 0 Å². The monoisotopic (exact) mass is 500 g/mol. The van der Waals surface area contributed by atoms with E-state index in [0.717, 1.165) is 12.2 Å². The number of phenolic OH excluding ortho intramolecular Hbond substituents is 4. The number of phenols is 4. The van der Waals surface area contributed by atoms with E-state index in [-0.39, 0.29) is 24.3 Å². The topological polar surface area (TPSA) is 191 Å². The van der Waals surface area contributed by atoms with Crippen molar-refractivity contribution < 1.29 is 54.5 Å². The number of carbonyl (C=O) groups excluding carboxylic acids is 2. The summed E-state index contributed by atoms with van der Waals surface area (Å²) in [4.78, 5) is 36.7. The van der Waals surface area contributed by atoms with Gasteiger partial charge in [0.05, 0.1) is 6.10 Å². The Hall–Kier alpha value is -4.51. The molecule has 3 atom stereocenters. The van der Waals surface area contributed by atoms with E-state index in [4.69, 9.17) is 9.47 Å². The summed E-state index contributed by atoms with van der Waals surface area (Å²) >= 11 is 0. The van der Waals surface area contributed by atoms with E-state index >= 15 is 0 Å². The molecule has 1 aliphatic carbocycles. The van der Waals surface area contributed by atoms with Crippen LogP contribution >= 0.6 is 0 Å². The second-order valence-electron chi connectivity index (χ2n) is 8.17. The highest BCUT2D eigenvalue weighted by molar-refractivity contribution is 5.91. The summed E-state index contributed by atoms with van der Waals surface area (Å²) in [5, 5.41) is 57.8. The predicted octanol–water partition coefficient (Wildman–Crippen LogP) is 2.06. The number of aliphatic carboxylic acids is 1. The molecule has 0 amide bonds. The molecule has 1 saturated carbocycles. The molecule has 1 aliphatic rings. The predicted molar refractivity (Wildman–Crippen MR) is 124 cm³/mol. The lowest BCUT2D eigenvalue weighted by molar-refractivity contribution is -0.193. The van der Waals surface area contributed by atoms with Gasteiger partial charge in [0.25, 0.3) is 0 Å². The molecule has 3 rings (SSSR count). The van der Waals surface area contributed by atoms with Crippen molar-refractivity contribution in [3.8, 4) is 23.0 Å². The van der Waals surface area contributed by atoms with Crippen molar-refractivity contribution in [2.24, 2.45) is 0 Å². The molecule has 0 aromatic heterocycles. The smallest absolute Gasteiger partial charge is 0.348 e. The highest BCUT2D eigenvalue weighted by Crippen LogP contribution is 2.35. The molecule has 2 aromatic carbocycles. The van der Waals surface area contributed by atoms with Crippen LogP contribution in [0.5, 0.6) is 23.0 Å². The first-order valence-electron chi connectivity index (χ1n) is 10.7. The van der Waals surface area contributed by atoms with Gasteiger partial charge in [-0.1, -0.05) is 12.1 Å². The van der Waals surface area contributed by atoms with Gasteiger partial charge in [0.15, 0.2) is 23.0 Å². The number of esters is 2. The molecule has 11 heteroatoms. The van der Waals surface area contributed by atoms with E-state index in [2.05, 4.69) is 0 Å². The van der Waals surface area contributed by atoms with Crippen LogP contribution in [0.25, 0.3) is 12.2 Å². The Labute approximate surface area is 204 Å². The molecule has 11 nitrogen and oxygen atoms in total. The summed E-state index contributed by atoms with van der Waals surface area (Å²) in [6.07, 6.45) is 1.15. The third kappa shape index (κ3) is 6.33. The number of hydrogen-bond acceptors (Lipinski definition) is 10. The van der Waals surface area contributed by atoms with E-state index in [1.165, 1.54) is 48.6 Å². The Morgan fingerprint density at radius 1 is 0.833 bits per heavy atom. The van der Waals surface area contributed by atoms with Gasteiger partial charge in [0.1, 0.15) is 6.10 Å². The third-order valence-corrected chi connectivity index (χ3v) is 5.58. The van der Waals surface area contributed by atoms with Crippen LogP contribution in [-0.2, 0) is 23.9 Å². The van der Waals surface area contributed by atoms with E-state index < -0.39 is 53.6 Å². The van der Waals surface area contributed by atoms with Crippen molar-refractivity contribution in [1.29, 1.82) is 0 Å². The average molecular weight is 500 g/mol. The standard InChI is InChI=1S/C25H24O11/c26-16-5-1-14(11-19(16)29)3-7-22(31)35-21-13-25(24(33)34,10-9-18(21)28)36-23(32)8-4-15-2-6-17(27)20(30)12-15/h1-8,11-12,18,21,26-30H,9-10,13H2,(H,33,34)/b7-3+,8-4+/t18-,21+,25+/m0/s1. The van der Waals surface area contributed by atoms with Gasteiger partial charge in [-0.2, -0.15) is 0 Å². The van der Waals surface area contributed by atoms with Gasteiger partial charge in [-0.25, -0.2) is 14.4 Å².